The van der Waals surface area contributed by atoms with Gasteiger partial charge in [-0.25, -0.2) is 0 Å². The summed E-state index contributed by atoms with van der Waals surface area (Å²) in [7, 11) is 0. The Morgan fingerprint density at radius 3 is 2.33 bits per heavy atom. The zero-order valence-electron chi connectivity index (χ0n) is 9.58. The zero-order valence-corrected chi connectivity index (χ0v) is 10.4. The van der Waals surface area contributed by atoms with Crippen molar-refractivity contribution in [1.82, 2.24) is 4.90 Å². The number of amides is 1. The number of hydrogen-bond donors (Lipinski definition) is 0. The Morgan fingerprint density at radius 2 is 1.93 bits per heavy atom. The summed E-state index contributed by atoms with van der Waals surface area (Å²) in [6.45, 7) is 16.2. The Morgan fingerprint density at radius 1 is 1.33 bits per heavy atom. The highest BCUT2D eigenvalue weighted by Gasteiger charge is 2.12. The van der Waals surface area contributed by atoms with Crippen LogP contribution in [0.25, 0.3) is 0 Å². The van der Waals surface area contributed by atoms with Crippen molar-refractivity contribution in [3.05, 3.63) is 37.0 Å². The standard InChI is InChI=1S/C12H19NOS/c1-6-7-13(8-10(2)3)12(14)15-9-11(4)5/h6H,1-2,4,7-9H2,3,5H3. The first-order valence-electron chi connectivity index (χ1n) is 4.78. The van der Waals surface area contributed by atoms with Crippen LogP contribution in [0, 0.1) is 0 Å². The molecule has 0 rings (SSSR count). The average molecular weight is 225 g/mol. The summed E-state index contributed by atoms with van der Waals surface area (Å²) in [5.41, 5.74) is 1.98. The molecule has 0 aromatic carbocycles. The molecule has 0 aliphatic carbocycles. The van der Waals surface area contributed by atoms with Crippen LogP contribution < -0.4 is 0 Å². The molecule has 0 aromatic rings. The Bertz CT molecular complexity index is 271. The van der Waals surface area contributed by atoms with E-state index in [1.165, 1.54) is 11.8 Å². The molecule has 0 fully saturated rings. The van der Waals surface area contributed by atoms with Crippen molar-refractivity contribution in [1.29, 1.82) is 0 Å². The van der Waals surface area contributed by atoms with E-state index >= 15 is 0 Å². The molecule has 0 bridgehead atoms. The minimum absolute atomic E-state index is 0.0564. The van der Waals surface area contributed by atoms with Gasteiger partial charge in [-0.05, 0) is 13.8 Å². The molecule has 0 aromatic heterocycles. The van der Waals surface area contributed by atoms with Crippen molar-refractivity contribution in [3.8, 4) is 0 Å². The van der Waals surface area contributed by atoms with Crippen LogP contribution >= 0.6 is 11.8 Å². The first-order valence-corrected chi connectivity index (χ1v) is 5.77. The number of carbonyl (C=O) groups is 1. The largest absolute Gasteiger partial charge is 0.326 e. The lowest BCUT2D eigenvalue weighted by Gasteiger charge is -2.20. The first kappa shape index (κ1) is 14.0. The van der Waals surface area contributed by atoms with E-state index in [9.17, 15) is 4.79 Å². The topological polar surface area (TPSA) is 20.3 Å². The normalized spacial score (nSPS) is 9.47. The number of nitrogens with zero attached hydrogens (tertiary/aromatic N) is 1. The van der Waals surface area contributed by atoms with Crippen molar-refractivity contribution < 1.29 is 4.79 Å². The maximum Gasteiger partial charge on any atom is 0.282 e. The van der Waals surface area contributed by atoms with Crippen LogP contribution in [0.15, 0.2) is 37.0 Å². The van der Waals surface area contributed by atoms with Crippen LogP contribution in [0.5, 0.6) is 0 Å². The van der Waals surface area contributed by atoms with Crippen LogP contribution in [0.1, 0.15) is 13.8 Å². The number of rotatable bonds is 6. The van der Waals surface area contributed by atoms with E-state index in [1.807, 2.05) is 13.8 Å². The second-order valence-corrected chi connectivity index (χ2v) is 4.56. The van der Waals surface area contributed by atoms with Gasteiger partial charge in [-0.3, -0.25) is 4.79 Å². The van der Waals surface area contributed by atoms with E-state index in [0.29, 0.717) is 18.8 Å². The van der Waals surface area contributed by atoms with Gasteiger partial charge in [0.2, 0.25) is 0 Å². The molecule has 0 saturated heterocycles. The quantitative estimate of drug-likeness (QED) is 0.645. The van der Waals surface area contributed by atoms with E-state index in [2.05, 4.69) is 19.7 Å². The highest BCUT2D eigenvalue weighted by atomic mass is 32.2. The predicted octanol–water partition coefficient (Wildman–Crippen LogP) is 3.48. The molecule has 0 aliphatic rings. The third-order valence-electron chi connectivity index (χ3n) is 1.51. The summed E-state index contributed by atoms with van der Waals surface area (Å²) in [6.07, 6.45) is 1.72. The summed E-state index contributed by atoms with van der Waals surface area (Å²) in [6, 6.07) is 0. The van der Waals surface area contributed by atoms with E-state index in [0.717, 1.165) is 11.1 Å². The lowest BCUT2D eigenvalue weighted by molar-refractivity contribution is 0.232. The second kappa shape index (κ2) is 7.35. The highest BCUT2D eigenvalue weighted by Crippen LogP contribution is 2.13. The molecule has 3 heteroatoms. The van der Waals surface area contributed by atoms with Gasteiger partial charge in [-0.2, -0.15) is 0 Å². The van der Waals surface area contributed by atoms with Gasteiger partial charge in [0.25, 0.3) is 5.24 Å². The van der Waals surface area contributed by atoms with Crippen molar-refractivity contribution in [3.63, 3.8) is 0 Å². The van der Waals surface area contributed by atoms with Crippen LogP contribution in [0.3, 0.4) is 0 Å². The van der Waals surface area contributed by atoms with Gasteiger partial charge < -0.3 is 4.90 Å². The third kappa shape index (κ3) is 7.03. The molecular weight excluding hydrogens is 206 g/mol. The van der Waals surface area contributed by atoms with Gasteiger partial charge in [0.1, 0.15) is 0 Å². The van der Waals surface area contributed by atoms with Gasteiger partial charge >= 0.3 is 0 Å². The van der Waals surface area contributed by atoms with Gasteiger partial charge in [0.05, 0.1) is 0 Å². The van der Waals surface area contributed by atoms with Crippen LogP contribution in [0.4, 0.5) is 4.79 Å². The van der Waals surface area contributed by atoms with Crippen molar-refractivity contribution in [2.75, 3.05) is 18.8 Å². The Labute approximate surface area is 96.7 Å². The Balaban J connectivity index is 4.21. The summed E-state index contributed by atoms with van der Waals surface area (Å²) >= 11 is 1.27. The minimum Gasteiger partial charge on any atom is -0.326 e. The summed E-state index contributed by atoms with van der Waals surface area (Å²) in [5, 5.41) is 0.0564. The molecule has 0 aliphatic heterocycles. The van der Waals surface area contributed by atoms with E-state index in [1.54, 1.807) is 11.0 Å². The molecule has 0 saturated carbocycles. The lowest BCUT2D eigenvalue weighted by atomic mass is 10.3. The minimum atomic E-state index is 0.0564. The average Bonchev–Trinajstić information content (AvgIpc) is 2.12. The lowest BCUT2D eigenvalue weighted by Crippen LogP contribution is -2.29. The fourth-order valence-corrected chi connectivity index (χ4v) is 1.65. The maximum atomic E-state index is 11.7. The van der Waals surface area contributed by atoms with Gasteiger partial charge in [-0.1, -0.05) is 42.1 Å². The third-order valence-corrected chi connectivity index (χ3v) is 2.65. The molecule has 0 radical (unpaired) electrons. The van der Waals surface area contributed by atoms with E-state index < -0.39 is 0 Å². The molecule has 0 heterocycles. The molecule has 1 amide bonds. The molecule has 0 spiro atoms. The van der Waals surface area contributed by atoms with Crippen LogP contribution in [-0.2, 0) is 0 Å². The van der Waals surface area contributed by atoms with Crippen molar-refractivity contribution in [2.24, 2.45) is 0 Å². The fraction of sp³-hybridized carbons (Fsp3) is 0.417. The van der Waals surface area contributed by atoms with Gasteiger partial charge in [-0.15, -0.1) is 6.58 Å². The molecule has 84 valence electrons. The molecule has 2 nitrogen and oxygen atoms in total. The predicted molar refractivity (Wildman–Crippen MR) is 69.3 cm³/mol. The number of carbonyl (C=O) groups excluding carboxylic acids is 1. The molecule has 15 heavy (non-hydrogen) atoms. The molecule has 0 N–H and O–H groups in total. The van der Waals surface area contributed by atoms with Crippen LogP contribution in [0.2, 0.25) is 0 Å². The highest BCUT2D eigenvalue weighted by molar-refractivity contribution is 8.13. The van der Waals surface area contributed by atoms with Crippen molar-refractivity contribution in [2.45, 2.75) is 13.8 Å². The summed E-state index contributed by atoms with van der Waals surface area (Å²) in [5.74, 6) is 0.669. The molecule has 0 atom stereocenters. The fourth-order valence-electron chi connectivity index (χ4n) is 0.962. The SMILES string of the molecule is C=CCN(CC(=C)C)C(=O)SCC(=C)C. The number of hydrogen-bond acceptors (Lipinski definition) is 2. The molecular formula is C12H19NOS. The summed E-state index contributed by atoms with van der Waals surface area (Å²) in [4.78, 5) is 13.5. The Kier molecular flexibility index (Phi) is 6.88. The Hall–Kier alpha value is -0.960. The van der Waals surface area contributed by atoms with E-state index in [4.69, 9.17) is 0 Å². The molecule has 0 unspecified atom stereocenters. The monoisotopic (exact) mass is 225 g/mol. The first-order chi connectivity index (χ1) is 6.97. The smallest absolute Gasteiger partial charge is 0.282 e. The summed E-state index contributed by atoms with van der Waals surface area (Å²) < 4.78 is 0. The maximum absolute atomic E-state index is 11.7. The zero-order chi connectivity index (χ0) is 11.8. The van der Waals surface area contributed by atoms with Gasteiger partial charge in [0.15, 0.2) is 0 Å². The van der Waals surface area contributed by atoms with Crippen molar-refractivity contribution >= 4 is 17.0 Å². The second-order valence-electron chi connectivity index (χ2n) is 3.64. The van der Waals surface area contributed by atoms with Crippen LogP contribution in [-0.4, -0.2) is 29.0 Å². The van der Waals surface area contributed by atoms with Gasteiger partial charge in [0, 0.05) is 18.8 Å². The van der Waals surface area contributed by atoms with E-state index in [-0.39, 0.29) is 5.24 Å². The number of thioether (sulfide) groups is 1.